The standard InChI is InChI=1S/C26H26N4O/c1-18-8-6-10-20(14-18)16-24-28-25(17-21-11-7-9-19(2)15-21)30-26(29-24)27-22-12-4-5-13-23(22)31-3/h4-15H,16-17H2,1-3H3,(H,27,28,29,30). The van der Waals surface area contributed by atoms with Gasteiger partial charge >= 0.3 is 0 Å². The third-order valence-corrected chi connectivity index (χ3v) is 4.97. The first-order valence-corrected chi connectivity index (χ1v) is 10.3. The van der Waals surface area contributed by atoms with Crippen LogP contribution in [0.4, 0.5) is 11.6 Å². The van der Waals surface area contributed by atoms with Crippen LogP contribution >= 0.6 is 0 Å². The Balaban J connectivity index is 1.68. The van der Waals surface area contributed by atoms with Crippen LogP contribution in [0.25, 0.3) is 0 Å². The lowest BCUT2D eigenvalue weighted by Crippen LogP contribution is -2.09. The van der Waals surface area contributed by atoms with Gasteiger partial charge < -0.3 is 10.1 Å². The van der Waals surface area contributed by atoms with Crippen molar-refractivity contribution >= 4 is 11.6 Å². The second-order valence-electron chi connectivity index (χ2n) is 7.65. The average Bonchev–Trinajstić information content (AvgIpc) is 2.74. The van der Waals surface area contributed by atoms with Gasteiger partial charge in [-0.25, -0.2) is 4.98 Å². The Morgan fingerprint density at radius 1 is 0.710 bits per heavy atom. The third-order valence-electron chi connectivity index (χ3n) is 4.97. The molecule has 0 aliphatic rings. The SMILES string of the molecule is COc1ccccc1Nc1nc(Cc2cccc(C)c2)nc(Cc2cccc(C)c2)n1. The minimum absolute atomic E-state index is 0.518. The van der Waals surface area contributed by atoms with Crippen LogP contribution in [0.15, 0.2) is 72.8 Å². The molecule has 0 aliphatic heterocycles. The Morgan fingerprint density at radius 2 is 1.29 bits per heavy atom. The van der Waals surface area contributed by atoms with Crippen molar-refractivity contribution in [2.24, 2.45) is 0 Å². The molecule has 0 amide bonds. The van der Waals surface area contributed by atoms with E-state index in [9.17, 15) is 0 Å². The van der Waals surface area contributed by atoms with Crippen molar-refractivity contribution in [2.45, 2.75) is 26.7 Å². The molecule has 0 saturated carbocycles. The lowest BCUT2D eigenvalue weighted by molar-refractivity contribution is 0.417. The molecule has 0 saturated heterocycles. The Bertz CT molecular complexity index is 1120. The number of nitrogens with one attached hydrogen (secondary N) is 1. The summed E-state index contributed by atoms with van der Waals surface area (Å²) in [5.74, 6) is 2.73. The molecular weight excluding hydrogens is 384 g/mol. The van der Waals surface area contributed by atoms with E-state index >= 15 is 0 Å². The summed E-state index contributed by atoms with van der Waals surface area (Å²) in [6.07, 6.45) is 1.29. The molecule has 0 bridgehead atoms. The maximum absolute atomic E-state index is 5.46. The Kier molecular flexibility index (Phi) is 6.22. The van der Waals surface area contributed by atoms with Gasteiger partial charge in [-0.3, -0.25) is 0 Å². The molecule has 5 nitrogen and oxygen atoms in total. The molecule has 4 rings (SSSR count). The summed E-state index contributed by atoms with van der Waals surface area (Å²) in [5.41, 5.74) is 5.61. The summed E-state index contributed by atoms with van der Waals surface area (Å²) < 4.78 is 5.46. The first kappa shape index (κ1) is 20.5. The Morgan fingerprint density at radius 3 is 1.84 bits per heavy atom. The molecule has 0 atom stereocenters. The van der Waals surface area contributed by atoms with Crippen LogP contribution in [-0.2, 0) is 12.8 Å². The van der Waals surface area contributed by atoms with Crippen LogP contribution in [0.3, 0.4) is 0 Å². The first-order chi connectivity index (χ1) is 15.1. The van der Waals surface area contributed by atoms with Crippen molar-refractivity contribution in [3.05, 3.63) is 107 Å². The molecule has 0 fully saturated rings. The number of methoxy groups -OCH3 is 1. The highest BCUT2D eigenvalue weighted by Gasteiger charge is 2.11. The molecular formula is C26H26N4O. The van der Waals surface area contributed by atoms with Crippen molar-refractivity contribution in [3.8, 4) is 5.75 Å². The number of hydrogen-bond acceptors (Lipinski definition) is 5. The first-order valence-electron chi connectivity index (χ1n) is 10.3. The van der Waals surface area contributed by atoms with Gasteiger partial charge in [-0.15, -0.1) is 0 Å². The summed E-state index contributed by atoms with van der Waals surface area (Å²) in [7, 11) is 1.65. The number of anilines is 2. The van der Waals surface area contributed by atoms with Gasteiger partial charge in [0, 0.05) is 12.8 Å². The number of rotatable bonds is 7. The topological polar surface area (TPSA) is 59.9 Å². The molecule has 0 spiro atoms. The molecule has 3 aromatic carbocycles. The minimum atomic E-state index is 0.518. The van der Waals surface area contributed by atoms with E-state index in [-0.39, 0.29) is 0 Å². The summed E-state index contributed by atoms with van der Waals surface area (Å²) >= 11 is 0. The lowest BCUT2D eigenvalue weighted by Gasteiger charge is -2.12. The second kappa shape index (κ2) is 9.39. The summed E-state index contributed by atoms with van der Waals surface area (Å²) in [6, 6.07) is 24.6. The maximum atomic E-state index is 5.46. The number of aromatic nitrogens is 3. The molecule has 31 heavy (non-hydrogen) atoms. The van der Waals surface area contributed by atoms with Crippen LogP contribution in [-0.4, -0.2) is 22.1 Å². The Labute approximate surface area is 183 Å². The predicted octanol–water partition coefficient (Wildman–Crippen LogP) is 5.42. The highest BCUT2D eigenvalue weighted by Crippen LogP contribution is 2.26. The van der Waals surface area contributed by atoms with Gasteiger partial charge in [0.15, 0.2) is 0 Å². The summed E-state index contributed by atoms with van der Waals surface area (Å²) in [5, 5.41) is 3.31. The number of hydrogen-bond donors (Lipinski definition) is 1. The molecule has 1 heterocycles. The number of para-hydroxylation sites is 2. The summed E-state index contributed by atoms with van der Waals surface area (Å²) in [4.78, 5) is 14.2. The molecule has 0 radical (unpaired) electrons. The average molecular weight is 411 g/mol. The van der Waals surface area contributed by atoms with Crippen LogP contribution < -0.4 is 10.1 Å². The van der Waals surface area contributed by atoms with Gasteiger partial charge in [-0.2, -0.15) is 9.97 Å². The fourth-order valence-electron chi connectivity index (χ4n) is 3.56. The third kappa shape index (κ3) is 5.45. The minimum Gasteiger partial charge on any atom is -0.495 e. The Hall–Kier alpha value is -3.73. The summed E-state index contributed by atoms with van der Waals surface area (Å²) in [6.45, 7) is 4.18. The lowest BCUT2D eigenvalue weighted by atomic mass is 10.1. The quantitative estimate of drug-likeness (QED) is 0.441. The van der Waals surface area contributed by atoms with Crippen LogP contribution in [0.2, 0.25) is 0 Å². The van der Waals surface area contributed by atoms with E-state index in [0.29, 0.717) is 18.8 Å². The fourth-order valence-corrected chi connectivity index (χ4v) is 3.56. The molecule has 4 aromatic rings. The zero-order valence-electron chi connectivity index (χ0n) is 18.1. The molecule has 5 heteroatoms. The van der Waals surface area contributed by atoms with Gasteiger partial charge in [-0.05, 0) is 37.1 Å². The largest absolute Gasteiger partial charge is 0.495 e. The molecule has 1 N–H and O–H groups in total. The fraction of sp³-hybridized carbons (Fsp3) is 0.192. The van der Waals surface area contributed by atoms with E-state index < -0.39 is 0 Å². The molecule has 156 valence electrons. The predicted molar refractivity (Wildman–Crippen MR) is 124 cm³/mol. The van der Waals surface area contributed by atoms with Crippen molar-refractivity contribution in [3.63, 3.8) is 0 Å². The maximum Gasteiger partial charge on any atom is 0.230 e. The number of aryl methyl sites for hydroxylation is 2. The van der Waals surface area contributed by atoms with Crippen LogP contribution in [0.1, 0.15) is 33.9 Å². The van der Waals surface area contributed by atoms with Crippen molar-refractivity contribution in [1.82, 2.24) is 15.0 Å². The van der Waals surface area contributed by atoms with Gasteiger partial charge in [-0.1, -0.05) is 71.8 Å². The molecule has 0 unspecified atom stereocenters. The van der Waals surface area contributed by atoms with E-state index in [1.165, 1.54) is 22.3 Å². The smallest absolute Gasteiger partial charge is 0.230 e. The van der Waals surface area contributed by atoms with E-state index in [1.807, 2.05) is 24.3 Å². The van der Waals surface area contributed by atoms with Crippen LogP contribution in [0.5, 0.6) is 5.75 Å². The highest BCUT2D eigenvalue weighted by molar-refractivity contribution is 5.62. The van der Waals surface area contributed by atoms with Crippen molar-refractivity contribution in [2.75, 3.05) is 12.4 Å². The normalized spacial score (nSPS) is 10.7. The zero-order chi connectivity index (χ0) is 21.6. The second-order valence-corrected chi connectivity index (χ2v) is 7.65. The van der Waals surface area contributed by atoms with Crippen molar-refractivity contribution in [1.29, 1.82) is 0 Å². The number of nitrogens with zero attached hydrogens (tertiary/aromatic N) is 3. The van der Waals surface area contributed by atoms with E-state index in [1.54, 1.807) is 7.11 Å². The number of benzene rings is 3. The molecule has 1 aromatic heterocycles. The zero-order valence-corrected chi connectivity index (χ0v) is 18.1. The van der Waals surface area contributed by atoms with Gasteiger partial charge in [0.05, 0.1) is 12.8 Å². The number of ether oxygens (including phenoxy) is 1. The van der Waals surface area contributed by atoms with Crippen LogP contribution in [0, 0.1) is 13.8 Å². The molecule has 0 aliphatic carbocycles. The van der Waals surface area contributed by atoms with E-state index in [4.69, 9.17) is 19.7 Å². The monoisotopic (exact) mass is 410 g/mol. The van der Waals surface area contributed by atoms with Gasteiger partial charge in [0.1, 0.15) is 17.4 Å². The van der Waals surface area contributed by atoms with Gasteiger partial charge in [0.2, 0.25) is 5.95 Å². The highest BCUT2D eigenvalue weighted by atomic mass is 16.5. The van der Waals surface area contributed by atoms with E-state index in [2.05, 4.69) is 67.7 Å². The van der Waals surface area contributed by atoms with Crippen molar-refractivity contribution < 1.29 is 4.74 Å². The van der Waals surface area contributed by atoms with E-state index in [0.717, 1.165) is 23.1 Å². The van der Waals surface area contributed by atoms with Gasteiger partial charge in [0.25, 0.3) is 0 Å².